The van der Waals surface area contributed by atoms with Crippen molar-refractivity contribution in [3.8, 4) is 0 Å². The molecule has 0 aromatic carbocycles. The van der Waals surface area contributed by atoms with Gasteiger partial charge >= 0.3 is 21.4 Å². The highest BCUT2D eigenvalue weighted by Crippen LogP contribution is 2.18. The highest BCUT2D eigenvalue weighted by atomic mass is 15.5. The summed E-state index contributed by atoms with van der Waals surface area (Å²) >= 11 is 0. The van der Waals surface area contributed by atoms with E-state index in [0.717, 1.165) is 0 Å². The summed E-state index contributed by atoms with van der Waals surface area (Å²) in [4.78, 5) is 6.75. The zero-order valence-corrected chi connectivity index (χ0v) is 13.4. The van der Waals surface area contributed by atoms with Crippen molar-refractivity contribution in [2.24, 2.45) is 0 Å². The van der Waals surface area contributed by atoms with Crippen molar-refractivity contribution in [3.05, 3.63) is 0 Å². The van der Waals surface area contributed by atoms with Crippen LogP contribution in [0.5, 0.6) is 0 Å². The molecule has 1 saturated heterocycles. The minimum Gasteiger partial charge on any atom is -0.330 e. The maximum absolute atomic E-state index is 2.38. The quantitative estimate of drug-likeness (QED) is 0.561. The monoisotopic (exact) mass is 252 g/mol. The Morgan fingerprint density at radius 3 is 0.778 bits per heavy atom. The van der Waals surface area contributed by atoms with Gasteiger partial charge in [-0.05, 0) is 63.4 Å². The van der Waals surface area contributed by atoms with E-state index in [4.69, 9.17) is 0 Å². The highest BCUT2D eigenvalue weighted by molar-refractivity contribution is 6.83. The summed E-state index contributed by atoms with van der Waals surface area (Å²) in [5, 5.41) is 0. The topological polar surface area (TPSA) is 19.4 Å². The van der Waals surface area contributed by atoms with E-state index in [9.17, 15) is 0 Å². The molecule has 1 rings (SSSR count). The van der Waals surface area contributed by atoms with Crippen LogP contribution in [0.25, 0.3) is 0 Å². The second kappa shape index (κ2) is 5.94. The molecule has 1 heterocycles. The molecule has 0 N–H and O–H groups in total. The number of rotatable bonds is 3. The molecule has 9 heteroatoms. The van der Waals surface area contributed by atoms with Crippen LogP contribution in [0.2, 0.25) is 0 Å². The Morgan fingerprint density at radius 1 is 0.500 bits per heavy atom. The molecule has 1 aliphatic heterocycles. The molecule has 1 aliphatic rings. The first kappa shape index (κ1) is 16.0. The van der Waals surface area contributed by atoms with Crippen LogP contribution in [-0.4, -0.2) is 113 Å². The standard InChI is InChI=1S/C9H27B3N6/c1-13(2)10-16(7)11(14(3)4)18(9)12(15(5)6)17(10)8/h1-9H3. The Balaban J connectivity index is 3.10. The summed E-state index contributed by atoms with van der Waals surface area (Å²) in [6.07, 6.45) is 0. The molecule has 0 aliphatic carbocycles. The maximum Gasteiger partial charge on any atom is 0.384 e. The van der Waals surface area contributed by atoms with E-state index >= 15 is 0 Å². The average Bonchev–Trinajstić information content (AvgIpc) is 2.14. The third-order valence-corrected chi connectivity index (χ3v) is 3.57. The van der Waals surface area contributed by atoms with Gasteiger partial charge in [-0.25, -0.2) is 0 Å². The molecular formula is C9H27B3N6. The number of nitrogens with zero attached hydrogens (tertiary/aromatic N) is 6. The first-order valence-corrected chi connectivity index (χ1v) is 6.35. The van der Waals surface area contributed by atoms with Gasteiger partial charge in [0, 0.05) is 0 Å². The van der Waals surface area contributed by atoms with Gasteiger partial charge in [0.2, 0.25) is 0 Å². The van der Waals surface area contributed by atoms with Gasteiger partial charge in [0.25, 0.3) is 0 Å². The van der Waals surface area contributed by atoms with Crippen LogP contribution in [0, 0.1) is 0 Å². The fraction of sp³-hybridized carbons (Fsp3) is 1.00. The smallest absolute Gasteiger partial charge is 0.330 e. The first-order chi connectivity index (χ1) is 8.20. The Labute approximate surface area is 114 Å². The van der Waals surface area contributed by atoms with Crippen molar-refractivity contribution in [3.63, 3.8) is 0 Å². The third-order valence-electron chi connectivity index (χ3n) is 3.57. The van der Waals surface area contributed by atoms with Crippen LogP contribution >= 0.6 is 0 Å². The van der Waals surface area contributed by atoms with Gasteiger partial charge < -0.3 is 28.6 Å². The molecule has 0 unspecified atom stereocenters. The van der Waals surface area contributed by atoms with Gasteiger partial charge in [-0.15, -0.1) is 0 Å². The molecule has 18 heavy (non-hydrogen) atoms. The molecule has 0 radical (unpaired) electrons. The van der Waals surface area contributed by atoms with Crippen LogP contribution in [0.1, 0.15) is 0 Å². The van der Waals surface area contributed by atoms with Crippen LogP contribution in [0.3, 0.4) is 0 Å². The third kappa shape index (κ3) is 2.76. The van der Waals surface area contributed by atoms with Crippen molar-refractivity contribution in [1.29, 1.82) is 0 Å². The highest BCUT2D eigenvalue weighted by Gasteiger charge is 2.52. The minimum absolute atomic E-state index is 0.279. The molecule has 0 saturated carbocycles. The lowest BCUT2D eigenvalue weighted by atomic mass is 9.55. The SMILES string of the molecule is CN(C)B1N(C)B(N(C)C)N(C)B(N(C)C)N1C. The number of hydrogen-bond donors (Lipinski definition) is 0. The van der Waals surface area contributed by atoms with E-state index in [1.807, 2.05) is 0 Å². The lowest BCUT2D eigenvalue weighted by Gasteiger charge is -2.53. The molecule has 0 aromatic heterocycles. The lowest BCUT2D eigenvalue weighted by molar-refractivity contribution is 0.369. The average molecular weight is 252 g/mol. The first-order valence-electron chi connectivity index (χ1n) is 6.35. The lowest BCUT2D eigenvalue weighted by Crippen LogP contribution is -2.83. The molecular weight excluding hydrogens is 225 g/mol. The van der Waals surface area contributed by atoms with Crippen molar-refractivity contribution < 1.29 is 0 Å². The van der Waals surface area contributed by atoms with E-state index in [0.29, 0.717) is 0 Å². The maximum atomic E-state index is 2.38. The molecule has 6 nitrogen and oxygen atoms in total. The largest absolute Gasteiger partial charge is 0.384 e. The molecule has 0 atom stereocenters. The van der Waals surface area contributed by atoms with Crippen LogP contribution < -0.4 is 0 Å². The molecule has 0 bridgehead atoms. The summed E-state index contributed by atoms with van der Waals surface area (Å²) < 4.78 is 7.12. The zero-order chi connectivity index (χ0) is 14.2. The van der Waals surface area contributed by atoms with E-state index in [-0.39, 0.29) is 21.4 Å². The van der Waals surface area contributed by atoms with Gasteiger partial charge in [0.15, 0.2) is 0 Å². The molecule has 1 fully saturated rings. The van der Waals surface area contributed by atoms with E-state index in [2.05, 4.69) is 92.0 Å². The Morgan fingerprint density at radius 2 is 0.667 bits per heavy atom. The van der Waals surface area contributed by atoms with Gasteiger partial charge in [-0.2, -0.15) is 0 Å². The van der Waals surface area contributed by atoms with Gasteiger partial charge in [0.05, 0.1) is 0 Å². The van der Waals surface area contributed by atoms with E-state index in [1.54, 1.807) is 0 Å². The van der Waals surface area contributed by atoms with Crippen molar-refractivity contribution in [2.45, 2.75) is 0 Å². The predicted octanol–water partition coefficient (Wildman–Crippen LogP) is -1.57. The van der Waals surface area contributed by atoms with Crippen molar-refractivity contribution in [2.75, 3.05) is 63.4 Å². The van der Waals surface area contributed by atoms with Gasteiger partial charge in [-0.1, -0.05) is 0 Å². The second-order valence-electron chi connectivity index (χ2n) is 5.93. The minimum atomic E-state index is 0.279. The van der Waals surface area contributed by atoms with Crippen LogP contribution in [0.15, 0.2) is 0 Å². The second-order valence-corrected chi connectivity index (χ2v) is 5.93. The van der Waals surface area contributed by atoms with E-state index in [1.165, 1.54) is 0 Å². The summed E-state index contributed by atoms with van der Waals surface area (Å²) in [5.74, 6) is 0. The van der Waals surface area contributed by atoms with Gasteiger partial charge in [-0.3, -0.25) is 0 Å². The molecule has 0 spiro atoms. The zero-order valence-electron chi connectivity index (χ0n) is 13.4. The normalized spacial score (nSPS) is 21.0. The Hall–Kier alpha value is -0.0452. The summed E-state index contributed by atoms with van der Waals surface area (Å²) in [6.45, 7) is 0. The van der Waals surface area contributed by atoms with Crippen molar-refractivity contribution in [1.82, 2.24) is 28.6 Å². The van der Waals surface area contributed by atoms with Crippen molar-refractivity contribution >= 4 is 21.4 Å². The molecule has 0 amide bonds. The van der Waals surface area contributed by atoms with Crippen LogP contribution in [0.4, 0.5) is 0 Å². The fourth-order valence-corrected chi connectivity index (χ4v) is 3.41. The summed E-state index contributed by atoms with van der Waals surface area (Å²) in [5.41, 5.74) is 0. The predicted molar refractivity (Wildman–Crippen MR) is 81.6 cm³/mol. The van der Waals surface area contributed by atoms with Crippen LogP contribution in [-0.2, 0) is 0 Å². The number of hydrogen-bond acceptors (Lipinski definition) is 6. The summed E-state index contributed by atoms with van der Waals surface area (Å²) in [6, 6.07) is 0. The van der Waals surface area contributed by atoms with Gasteiger partial charge in [0.1, 0.15) is 0 Å². The molecule has 102 valence electrons. The fourth-order valence-electron chi connectivity index (χ4n) is 3.41. The molecule has 0 aromatic rings. The van der Waals surface area contributed by atoms with E-state index < -0.39 is 0 Å². The Kier molecular flexibility index (Phi) is 5.28. The summed E-state index contributed by atoms with van der Waals surface area (Å²) in [7, 11) is 20.1. The Bertz CT molecular complexity index is 222.